The zero-order valence-electron chi connectivity index (χ0n) is 12.7. The Morgan fingerprint density at radius 3 is 2.72 bits per heavy atom. The normalized spacial score (nSPS) is 11.8. The predicted molar refractivity (Wildman–Crippen MR) is 80.1 cm³/mol. The van der Waals surface area contributed by atoms with Crippen molar-refractivity contribution in [1.82, 2.24) is 5.32 Å². The van der Waals surface area contributed by atoms with Gasteiger partial charge in [-0.05, 0) is 12.1 Å². The minimum Gasteiger partial charge on any atom is -0.467 e. The number of hydrogen-bond donors (Lipinski definition) is 1. The first-order chi connectivity index (χ1) is 12.0. The molecule has 1 N–H and O–H groups in total. The molecule has 10 nitrogen and oxygen atoms in total. The molecule has 0 radical (unpaired) electrons. The van der Waals surface area contributed by atoms with Crippen LogP contribution in [0.1, 0.15) is 16.1 Å². The van der Waals surface area contributed by atoms with Crippen molar-refractivity contribution in [3.8, 4) is 11.5 Å². The number of hydrogen-bond acceptors (Lipinski definition) is 8. The maximum Gasteiger partial charge on any atom is 0.345 e. The summed E-state index contributed by atoms with van der Waals surface area (Å²) in [6.07, 6.45) is 1.46. The van der Waals surface area contributed by atoms with E-state index in [9.17, 15) is 19.7 Å². The quantitative estimate of drug-likeness (QED) is 0.471. The fourth-order valence-electron chi connectivity index (χ4n) is 2.10. The van der Waals surface area contributed by atoms with E-state index in [0.29, 0.717) is 5.76 Å². The van der Waals surface area contributed by atoms with E-state index in [1.165, 1.54) is 6.26 Å². The zero-order valence-corrected chi connectivity index (χ0v) is 12.7. The summed E-state index contributed by atoms with van der Waals surface area (Å²) in [5, 5.41) is 13.6. The van der Waals surface area contributed by atoms with Gasteiger partial charge in [0.05, 0.1) is 23.8 Å². The van der Waals surface area contributed by atoms with Crippen LogP contribution in [0.25, 0.3) is 0 Å². The van der Waals surface area contributed by atoms with Crippen molar-refractivity contribution in [3.63, 3.8) is 0 Å². The SMILES string of the molecule is O=C(COC(=O)c1cc2c(cc1[N+](=O)[O-])OCO2)NCc1ccco1. The monoisotopic (exact) mass is 348 g/mol. The highest BCUT2D eigenvalue weighted by molar-refractivity contribution is 5.96. The van der Waals surface area contributed by atoms with Crippen LogP contribution in [0.2, 0.25) is 0 Å². The molecule has 0 atom stereocenters. The topological polar surface area (TPSA) is 130 Å². The van der Waals surface area contributed by atoms with Gasteiger partial charge in [-0.2, -0.15) is 0 Å². The van der Waals surface area contributed by atoms with E-state index in [0.717, 1.165) is 12.1 Å². The van der Waals surface area contributed by atoms with Gasteiger partial charge in [-0.1, -0.05) is 0 Å². The van der Waals surface area contributed by atoms with Crippen molar-refractivity contribution in [1.29, 1.82) is 0 Å². The van der Waals surface area contributed by atoms with Gasteiger partial charge >= 0.3 is 5.97 Å². The van der Waals surface area contributed by atoms with Crippen LogP contribution in [0.5, 0.6) is 11.5 Å². The third-order valence-corrected chi connectivity index (χ3v) is 3.28. The molecule has 0 saturated heterocycles. The Morgan fingerprint density at radius 1 is 1.28 bits per heavy atom. The van der Waals surface area contributed by atoms with Crippen molar-refractivity contribution >= 4 is 17.6 Å². The first-order valence-electron chi connectivity index (χ1n) is 7.09. The maximum atomic E-state index is 12.1. The Balaban J connectivity index is 1.63. The van der Waals surface area contributed by atoms with Crippen LogP contribution in [0.15, 0.2) is 34.9 Å². The molecule has 1 aromatic carbocycles. The van der Waals surface area contributed by atoms with Crippen LogP contribution in [-0.2, 0) is 16.1 Å². The van der Waals surface area contributed by atoms with Gasteiger partial charge in [-0.15, -0.1) is 0 Å². The molecule has 0 fully saturated rings. The van der Waals surface area contributed by atoms with Crippen molar-refractivity contribution in [3.05, 3.63) is 52.0 Å². The predicted octanol–water partition coefficient (Wildman–Crippen LogP) is 1.39. The number of fused-ring (bicyclic) bond motifs is 1. The maximum absolute atomic E-state index is 12.1. The lowest BCUT2D eigenvalue weighted by Crippen LogP contribution is -2.28. The Morgan fingerprint density at radius 2 is 2.04 bits per heavy atom. The van der Waals surface area contributed by atoms with E-state index in [1.807, 2.05) is 0 Å². The summed E-state index contributed by atoms with van der Waals surface area (Å²) >= 11 is 0. The van der Waals surface area contributed by atoms with Crippen LogP contribution in [0, 0.1) is 10.1 Å². The lowest BCUT2D eigenvalue weighted by Gasteiger charge is -2.07. The number of benzene rings is 1. The van der Waals surface area contributed by atoms with Gasteiger partial charge in [-0.25, -0.2) is 4.79 Å². The molecule has 25 heavy (non-hydrogen) atoms. The molecule has 10 heteroatoms. The smallest absolute Gasteiger partial charge is 0.345 e. The average molecular weight is 348 g/mol. The lowest BCUT2D eigenvalue weighted by atomic mass is 10.1. The Kier molecular flexibility index (Phi) is 4.50. The zero-order chi connectivity index (χ0) is 17.8. The van der Waals surface area contributed by atoms with Crippen molar-refractivity contribution in [2.45, 2.75) is 6.54 Å². The fraction of sp³-hybridized carbons (Fsp3) is 0.200. The van der Waals surface area contributed by atoms with Crippen molar-refractivity contribution < 1.29 is 33.1 Å². The number of amides is 1. The van der Waals surface area contributed by atoms with Gasteiger partial charge < -0.3 is 23.9 Å². The number of carbonyl (C=O) groups is 2. The Hall–Kier alpha value is -3.56. The van der Waals surface area contributed by atoms with Gasteiger partial charge in [0.2, 0.25) is 6.79 Å². The van der Waals surface area contributed by atoms with Crippen LogP contribution < -0.4 is 14.8 Å². The minimum absolute atomic E-state index is 0.0970. The van der Waals surface area contributed by atoms with E-state index >= 15 is 0 Å². The number of carbonyl (C=O) groups excluding carboxylic acids is 2. The largest absolute Gasteiger partial charge is 0.467 e. The first-order valence-corrected chi connectivity index (χ1v) is 7.09. The first kappa shape index (κ1) is 16.3. The van der Waals surface area contributed by atoms with Crippen LogP contribution in [0.4, 0.5) is 5.69 Å². The molecular weight excluding hydrogens is 336 g/mol. The molecule has 1 aromatic heterocycles. The molecule has 130 valence electrons. The molecule has 1 amide bonds. The second kappa shape index (κ2) is 6.91. The number of nitro benzene ring substituents is 1. The van der Waals surface area contributed by atoms with Crippen molar-refractivity contribution in [2.24, 2.45) is 0 Å². The van der Waals surface area contributed by atoms with Crippen molar-refractivity contribution in [2.75, 3.05) is 13.4 Å². The highest BCUT2D eigenvalue weighted by Gasteiger charge is 2.28. The molecule has 0 bridgehead atoms. The highest BCUT2D eigenvalue weighted by Crippen LogP contribution is 2.38. The third-order valence-electron chi connectivity index (χ3n) is 3.28. The summed E-state index contributed by atoms with van der Waals surface area (Å²) in [6, 6.07) is 5.57. The number of nitrogens with zero attached hydrogens (tertiary/aromatic N) is 1. The number of nitrogens with one attached hydrogen (secondary N) is 1. The van der Waals surface area contributed by atoms with Crippen LogP contribution >= 0.6 is 0 Å². The molecule has 1 aliphatic heterocycles. The van der Waals surface area contributed by atoms with E-state index in [4.69, 9.17) is 18.6 Å². The molecule has 2 aromatic rings. The Labute approximate surface area is 140 Å². The number of nitro groups is 1. The van der Waals surface area contributed by atoms with Gasteiger partial charge in [0.25, 0.3) is 11.6 Å². The van der Waals surface area contributed by atoms with E-state index < -0.39 is 29.1 Å². The highest BCUT2D eigenvalue weighted by atomic mass is 16.7. The van der Waals surface area contributed by atoms with Gasteiger partial charge in [0.1, 0.15) is 11.3 Å². The Bertz CT molecular complexity index is 815. The van der Waals surface area contributed by atoms with Gasteiger partial charge in [0, 0.05) is 6.07 Å². The molecule has 0 unspecified atom stereocenters. The number of ether oxygens (including phenoxy) is 3. The molecule has 0 saturated carbocycles. The average Bonchev–Trinajstić information content (AvgIpc) is 3.27. The molecule has 3 rings (SSSR count). The summed E-state index contributed by atoms with van der Waals surface area (Å²) in [6.45, 7) is -0.557. The van der Waals surface area contributed by atoms with E-state index in [2.05, 4.69) is 5.32 Å². The summed E-state index contributed by atoms with van der Waals surface area (Å²) in [7, 11) is 0. The number of esters is 1. The van der Waals surface area contributed by atoms with Crippen LogP contribution in [0.3, 0.4) is 0 Å². The lowest BCUT2D eigenvalue weighted by molar-refractivity contribution is -0.385. The molecule has 2 heterocycles. The second-order valence-electron chi connectivity index (χ2n) is 4.91. The second-order valence-corrected chi connectivity index (χ2v) is 4.91. The summed E-state index contributed by atoms with van der Waals surface area (Å²) in [4.78, 5) is 34.1. The number of rotatable bonds is 6. The summed E-state index contributed by atoms with van der Waals surface area (Å²) in [5.41, 5.74) is -0.821. The van der Waals surface area contributed by atoms with Gasteiger partial charge in [-0.3, -0.25) is 14.9 Å². The molecule has 1 aliphatic rings. The molecule has 0 spiro atoms. The summed E-state index contributed by atoms with van der Waals surface area (Å²) < 4.78 is 20.0. The van der Waals surface area contributed by atoms with Gasteiger partial charge in [0.15, 0.2) is 18.1 Å². The molecular formula is C15H12N2O8. The minimum atomic E-state index is -1.02. The fourth-order valence-corrected chi connectivity index (χ4v) is 2.10. The molecule has 0 aliphatic carbocycles. The van der Waals surface area contributed by atoms with E-state index in [-0.39, 0.29) is 30.4 Å². The number of furan rings is 1. The summed E-state index contributed by atoms with van der Waals surface area (Å²) in [5.74, 6) is -0.698. The standard InChI is InChI=1S/C15H12N2O8/c18-14(16-6-9-2-1-3-22-9)7-23-15(19)10-4-12-13(25-8-24-12)5-11(10)17(20)21/h1-5H,6-8H2,(H,16,18). The van der Waals surface area contributed by atoms with Crippen LogP contribution in [-0.4, -0.2) is 30.2 Å². The van der Waals surface area contributed by atoms with E-state index in [1.54, 1.807) is 12.1 Å². The third kappa shape index (κ3) is 3.68.